The van der Waals surface area contributed by atoms with Gasteiger partial charge < -0.3 is 30.0 Å². The van der Waals surface area contributed by atoms with Crippen LogP contribution in [0.25, 0.3) is 11.1 Å². The minimum absolute atomic E-state index is 0.123. The molecule has 0 fully saturated rings. The first-order valence-corrected chi connectivity index (χ1v) is 14.8. The lowest BCUT2D eigenvalue weighted by atomic mass is 9.94. The highest BCUT2D eigenvalue weighted by atomic mass is 32.2. The molecule has 0 radical (unpaired) electrons. The summed E-state index contributed by atoms with van der Waals surface area (Å²) in [7, 11) is 1.21. The SMILES string of the molecule is COC(=O)C(COC(C)(C)C)NC(=O)C(CSCCc1c(C(=O)O)cccc1-c1ccccc1)NC(=O)OC(C)(C)C. The zero-order chi connectivity index (χ0) is 31.5. The summed E-state index contributed by atoms with van der Waals surface area (Å²) >= 11 is 1.36. The maximum Gasteiger partial charge on any atom is 0.408 e. The molecule has 11 heteroatoms. The molecule has 2 aromatic rings. The number of amides is 2. The molecular weight excluding hydrogens is 560 g/mol. The second-order valence-corrected chi connectivity index (χ2v) is 12.7. The molecule has 0 aliphatic carbocycles. The van der Waals surface area contributed by atoms with Crippen LogP contribution in [0.5, 0.6) is 0 Å². The van der Waals surface area contributed by atoms with Gasteiger partial charge in [0.25, 0.3) is 0 Å². The van der Waals surface area contributed by atoms with Crippen LogP contribution in [0.2, 0.25) is 0 Å². The minimum Gasteiger partial charge on any atom is -0.478 e. The van der Waals surface area contributed by atoms with Crippen molar-refractivity contribution in [2.75, 3.05) is 25.2 Å². The van der Waals surface area contributed by atoms with Crippen molar-refractivity contribution >= 4 is 35.7 Å². The second-order valence-electron chi connectivity index (χ2n) is 11.5. The van der Waals surface area contributed by atoms with Gasteiger partial charge in [-0.15, -0.1) is 0 Å². The number of hydrogen-bond acceptors (Lipinski definition) is 8. The number of methoxy groups -OCH3 is 1. The van der Waals surface area contributed by atoms with Gasteiger partial charge in [-0.05, 0) is 76.5 Å². The number of thioether (sulfide) groups is 1. The van der Waals surface area contributed by atoms with E-state index in [0.717, 1.165) is 11.1 Å². The number of alkyl carbamates (subject to hydrolysis) is 1. The van der Waals surface area contributed by atoms with Crippen molar-refractivity contribution in [1.82, 2.24) is 10.6 Å². The Hall–Kier alpha value is -3.57. The topological polar surface area (TPSA) is 140 Å². The molecule has 42 heavy (non-hydrogen) atoms. The summed E-state index contributed by atoms with van der Waals surface area (Å²) in [6.45, 7) is 10.4. The fourth-order valence-electron chi connectivity index (χ4n) is 3.87. The minimum atomic E-state index is -1.09. The molecule has 2 amide bonds. The van der Waals surface area contributed by atoms with E-state index in [9.17, 15) is 24.3 Å². The maximum absolute atomic E-state index is 13.3. The number of benzene rings is 2. The van der Waals surface area contributed by atoms with E-state index < -0.39 is 47.2 Å². The van der Waals surface area contributed by atoms with Gasteiger partial charge in [0.1, 0.15) is 11.6 Å². The highest BCUT2D eigenvalue weighted by molar-refractivity contribution is 7.99. The van der Waals surface area contributed by atoms with Gasteiger partial charge in [0, 0.05) is 5.75 Å². The monoisotopic (exact) mass is 602 g/mol. The Kier molecular flexibility index (Phi) is 12.9. The lowest BCUT2D eigenvalue weighted by Crippen LogP contribution is -2.55. The van der Waals surface area contributed by atoms with Gasteiger partial charge in [0.15, 0.2) is 6.04 Å². The molecule has 0 heterocycles. The number of carboxylic acid groups (broad SMARTS) is 1. The van der Waals surface area contributed by atoms with Crippen LogP contribution in [-0.2, 0) is 30.2 Å². The lowest BCUT2D eigenvalue weighted by Gasteiger charge is -2.26. The van der Waals surface area contributed by atoms with Crippen LogP contribution in [0, 0.1) is 0 Å². The molecule has 2 rings (SSSR count). The summed E-state index contributed by atoms with van der Waals surface area (Å²) in [5.74, 6) is -1.73. The molecule has 3 N–H and O–H groups in total. The van der Waals surface area contributed by atoms with Gasteiger partial charge in [-0.1, -0.05) is 42.5 Å². The molecule has 0 aromatic heterocycles. The summed E-state index contributed by atoms with van der Waals surface area (Å²) < 4.78 is 15.9. The highest BCUT2D eigenvalue weighted by Gasteiger charge is 2.30. The van der Waals surface area contributed by atoms with Gasteiger partial charge in [-0.25, -0.2) is 14.4 Å². The van der Waals surface area contributed by atoms with Crippen LogP contribution in [-0.4, -0.2) is 77.6 Å². The van der Waals surface area contributed by atoms with E-state index >= 15 is 0 Å². The predicted octanol–water partition coefficient (Wildman–Crippen LogP) is 4.69. The Morgan fingerprint density at radius 2 is 1.55 bits per heavy atom. The highest BCUT2D eigenvalue weighted by Crippen LogP contribution is 2.28. The Balaban J connectivity index is 2.20. The third-order valence-electron chi connectivity index (χ3n) is 5.76. The fourth-order valence-corrected chi connectivity index (χ4v) is 4.85. The number of hydrogen-bond donors (Lipinski definition) is 3. The number of nitrogens with one attached hydrogen (secondary N) is 2. The Labute approximate surface area is 251 Å². The predicted molar refractivity (Wildman–Crippen MR) is 163 cm³/mol. The standard InChI is InChI=1S/C31H42N2O8S/c1-30(2,3)40-18-24(28(37)39-7)32-26(34)25(33-29(38)41-31(4,5)6)19-42-17-16-22-21(20-12-9-8-10-13-20)14-11-15-23(22)27(35)36/h8-15,24-25H,16-19H2,1-7H3,(H,32,34)(H,33,38)(H,35,36). The molecular formula is C31H42N2O8S. The van der Waals surface area contributed by atoms with Gasteiger partial charge >= 0.3 is 18.0 Å². The number of carbonyl (C=O) groups is 4. The molecule has 0 bridgehead atoms. The van der Waals surface area contributed by atoms with Gasteiger partial charge in [0.05, 0.1) is 24.9 Å². The number of esters is 1. The van der Waals surface area contributed by atoms with Gasteiger partial charge in [-0.2, -0.15) is 11.8 Å². The molecule has 230 valence electrons. The van der Waals surface area contributed by atoms with Crippen molar-refractivity contribution in [3.05, 3.63) is 59.7 Å². The van der Waals surface area contributed by atoms with Gasteiger partial charge in [-0.3, -0.25) is 4.79 Å². The van der Waals surface area contributed by atoms with E-state index in [0.29, 0.717) is 17.7 Å². The summed E-state index contributed by atoms with van der Waals surface area (Å²) in [5, 5.41) is 15.0. The Bertz CT molecular complexity index is 1220. The molecule has 0 saturated heterocycles. The van der Waals surface area contributed by atoms with Crippen LogP contribution >= 0.6 is 11.8 Å². The molecule has 0 aliphatic rings. The Morgan fingerprint density at radius 3 is 2.12 bits per heavy atom. The van der Waals surface area contributed by atoms with E-state index in [1.165, 1.54) is 18.9 Å². The van der Waals surface area contributed by atoms with Crippen molar-refractivity contribution in [3.8, 4) is 11.1 Å². The van der Waals surface area contributed by atoms with Crippen LogP contribution in [0.3, 0.4) is 0 Å². The van der Waals surface area contributed by atoms with Crippen molar-refractivity contribution in [1.29, 1.82) is 0 Å². The number of rotatable bonds is 13. The van der Waals surface area contributed by atoms with Crippen molar-refractivity contribution < 1.29 is 38.5 Å². The molecule has 2 unspecified atom stereocenters. The summed E-state index contributed by atoms with van der Waals surface area (Å²) in [5.41, 5.74) is 1.24. The van der Waals surface area contributed by atoms with Gasteiger partial charge in [0.2, 0.25) is 5.91 Å². The third kappa shape index (κ3) is 11.7. The third-order valence-corrected chi connectivity index (χ3v) is 6.83. The molecule has 0 spiro atoms. The van der Waals surface area contributed by atoms with E-state index in [2.05, 4.69) is 10.6 Å². The average molecular weight is 603 g/mol. The number of aromatic carboxylic acids is 1. The number of carboxylic acids is 1. The van der Waals surface area contributed by atoms with Crippen LogP contribution in [0.4, 0.5) is 4.79 Å². The first kappa shape index (κ1) is 34.6. The van der Waals surface area contributed by atoms with E-state index in [-0.39, 0.29) is 17.9 Å². The molecule has 2 aromatic carbocycles. The molecule has 2 atom stereocenters. The second kappa shape index (κ2) is 15.6. The largest absolute Gasteiger partial charge is 0.478 e. The van der Waals surface area contributed by atoms with Crippen molar-refractivity contribution in [2.45, 2.75) is 71.2 Å². The van der Waals surface area contributed by atoms with Crippen LogP contribution in [0.15, 0.2) is 48.5 Å². The van der Waals surface area contributed by atoms with Crippen molar-refractivity contribution in [2.24, 2.45) is 0 Å². The van der Waals surface area contributed by atoms with Crippen molar-refractivity contribution in [3.63, 3.8) is 0 Å². The summed E-state index contributed by atoms with van der Waals surface area (Å²) in [4.78, 5) is 50.3. The van der Waals surface area contributed by atoms with E-state index in [1.807, 2.05) is 57.2 Å². The van der Waals surface area contributed by atoms with E-state index in [4.69, 9.17) is 14.2 Å². The summed E-state index contributed by atoms with van der Waals surface area (Å²) in [6, 6.07) is 12.5. The summed E-state index contributed by atoms with van der Waals surface area (Å²) in [6.07, 6.45) is -0.381. The van der Waals surface area contributed by atoms with Crippen LogP contribution in [0.1, 0.15) is 57.5 Å². The lowest BCUT2D eigenvalue weighted by molar-refractivity contribution is -0.148. The maximum atomic E-state index is 13.3. The smallest absolute Gasteiger partial charge is 0.408 e. The first-order chi connectivity index (χ1) is 19.6. The molecule has 10 nitrogen and oxygen atoms in total. The van der Waals surface area contributed by atoms with Crippen LogP contribution < -0.4 is 10.6 Å². The fraction of sp³-hybridized carbons (Fsp3) is 0.484. The number of ether oxygens (including phenoxy) is 3. The molecule has 0 saturated carbocycles. The average Bonchev–Trinajstić information content (AvgIpc) is 2.90. The normalized spacial score (nSPS) is 13.0. The zero-order valence-corrected chi connectivity index (χ0v) is 26.1. The first-order valence-electron chi connectivity index (χ1n) is 13.6. The quantitative estimate of drug-likeness (QED) is 0.220. The Morgan fingerprint density at radius 1 is 0.881 bits per heavy atom. The van der Waals surface area contributed by atoms with E-state index in [1.54, 1.807) is 32.9 Å². The zero-order valence-electron chi connectivity index (χ0n) is 25.3. The number of carbonyl (C=O) groups excluding carboxylic acids is 3. The molecule has 0 aliphatic heterocycles.